The predicted octanol–water partition coefficient (Wildman–Crippen LogP) is 3.71. The molecule has 0 amide bonds. The second-order valence-electron chi connectivity index (χ2n) is 6.87. The standard InChI is InChI=1S/C17H30N2O/c1-5-18-12-16-11-15(14(2)20-16)13-19-9-6-7-17(3,4)8-10-19/h11,18H,5-10,12-13H2,1-4H3. The second-order valence-corrected chi connectivity index (χ2v) is 6.87. The van der Waals surface area contributed by atoms with Gasteiger partial charge >= 0.3 is 0 Å². The van der Waals surface area contributed by atoms with Gasteiger partial charge in [-0.1, -0.05) is 20.8 Å². The van der Waals surface area contributed by atoms with E-state index in [4.69, 9.17) is 4.42 Å². The van der Waals surface area contributed by atoms with Crippen LogP contribution in [0.5, 0.6) is 0 Å². The lowest BCUT2D eigenvalue weighted by atomic mass is 9.85. The van der Waals surface area contributed by atoms with Crippen molar-refractivity contribution < 1.29 is 4.42 Å². The van der Waals surface area contributed by atoms with Crippen molar-refractivity contribution in [2.45, 2.75) is 60.0 Å². The fourth-order valence-electron chi connectivity index (χ4n) is 2.96. The Morgan fingerprint density at radius 3 is 2.85 bits per heavy atom. The van der Waals surface area contributed by atoms with Gasteiger partial charge in [-0.25, -0.2) is 0 Å². The van der Waals surface area contributed by atoms with Gasteiger partial charge < -0.3 is 9.73 Å². The summed E-state index contributed by atoms with van der Waals surface area (Å²) in [4.78, 5) is 2.59. The fraction of sp³-hybridized carbons (Fsp3) is 0.765. The third-order valence-corrected chi connectivity index (χ3v) is 4.45. The summed E-state index contributed by atoms with van der Waals surface area (Å²) in [5, 5.41) is 3.32. The van der Waals surface area contributed by atoms with Crippen LogP contribution in [0.15, 0.2) is 10.5 Å². The number of likely N-dealkylation sites (tertiary alicyclic amines) is 1. The quantitative estimate of drug-likeness (QED) is 0.890. The normalized spacial score (nSPS) is 20.0. The molecule has 0 spiro atoms. The Kier molecular flexibility index (Phi) is 5.28. The summed E-state index contributed by atoms with van der Waals surface area (Å²) >= 11 is 0. The van der Waals surface area contributed by atoms with E-state index in [0.717, 1.165) is 31.2 Å². The van der Waals surface area contributed by atoms with Crippen molar-refractivity contribution in [1.82, 2.24) is 10.2 Å². The van der Waals surface area contributed by atoms with E-state index in [1.54, 1.807) is 0 Å². The summed E-state index contributed by atoms with van der Waals surface area (Å²) < 4.78 is 5.84. The molecule has 3 heteroatoms. The summed E-state index contributed by atoms with van der Waals surface area (Å²) in [5.74, 6) is 2.15. The van der Waals surface area contributed by atoms with E-state index < -0.39 is 0 Å². The van der Waals surface area contributed by atoms with Gasteiger partial charge in [0, 0.05) is 12.1 Å². The zero-order chi connectivity index (χ0) is 14.6. The summed E-state index contributed by atoms with van der Waals surface area (Å²) in [6.07, 6.45) is 3.96. The van der Waals surface area contributed by atoms with Crippen molar-refractivity contribution in [2.75, 3.05) is 19.6 Å². The fourth-order valence-corrected chi connectivity index (χ4v) is 2.96. The Hall–Kier alpha value is -0.800. The molecule has 2 heterocycles. The average Bonchev–Trinajstić information content (AvgIpc) is 2.63. The van der Waals surface area contributed by atoms with Gasteiger partial charge in [0.05, 0.1) is 6.54 Å². The Balaban J connectivity index is 1.94. The summed E-state index contributed by atoms with van der Waals surface area (Å²) in [6, 6.07) is 2.23. The largest absolute Gasteiger partial charge is 0.465 e. The van der Waals surface area contributed by atoms with Gasteiger partial charge in [-0.15, -0.1) is 0 Å². The highest BCUT2D eigenvalue weighted by atomic mass is 16.3. The molecular formula is C17H30N2O. The van der Waals surface area contributed by atoms with Gasteiger partial charge in [0.1, 0.15) is 11.5 Å². The first-order valence-electron chi connectivity index (χ1n) is 8.01. The van der Waals surface area contributed by atoms with Crippen molar-refractivity contribution in [1.29, 1.82) is 0 Å². The number of furan rings is 1. The molecule has 0 aliphatic carbocycles. The zero-order valence-electron chi connectivity index (χ0n) is 13.6. The van der Waals surface area contributed by atoms with Crippen LogP contribution in [-0.4, -0.2) is 24.5 Å². The molecule has 3 nitrogen and oxygen atoms in total. The molecule has 0 unspecified atom stereocenters. The smallest absolute Gasteiger partial charge is 0.118 e. The number of hydrogen-bond donors (Lipinski definition) is 1. The maximum Gasteiger partial charge on any atom is 0.118 e. The maximum absolute atomic E-state index is 5.84. The first kappa shape index (κ1) is 15.6. The Morgan fingerprint density at radius 2 is 2.10 bits per heavy atom. The van der Waals surface area contributed by atoms with E-state index in [-0.39, 0.29) is 0 Å². The van der Waals surface area contributed by atoms with Gasteiger partial charge in [0.15, 0.2) is 0 Å². The summed E-state index contributed by atoms with van der Waals surface area (Å²) in [6.45, 7) is 14.3. The number of hydrogen-bond acceptors (Lipinski definition) is 3. The molecule has 1 saturated heterocycles. The van der Waals surface area contributed by atoms with Crippen molar-refractivity contribution in [3.63, 3.8) is 0 Å². The van der Waals surface area contributed by atoms with E-state index >= 15 is 0 Å². The van der Waals surface area contributed by atoms with Crippen LogP contribution < -0.4 is 5.32 Å². The Bertz CT molecular complexity index is 423. The van der Waals surface area contributed by atoms with Crippen molar-refractivity contribution >= 4 is 0 Å². The van der Waals surface area contributed by atoms with Crippen LogP contribution >= 0.6 is 0 Å². The highest BCUT2D eigenvalue weighted by Crippen LogP contribution is 2.30. The number of nitrogens with zero attached hydrogens (tertiary/aromatic N) is 1. The lowest BCUT2D eigenvalue weighted by molar-refractivity contribution is 0.254. The molecule has 1 N–H and O–H groups in total. The third kappa shape index (κ3) is 4.35. The lowest BCUT2D eigenvalue weighted by Gasteiger charge is -2.23. The van der Waals surface area contributed by atoms with Gasteiger partial charge in [-0.2, -0.15) is 0 Å². The second kappa shape index (κ2) is 6.77. The average molecular weight is 278 g/mol. The molecule has 2 rings (SSSR count). The monoisotopic (exact) mass is 278 g/mol. The molecule has 1 aliphatic heterocycles. The van der Waals surface area contributed by atoms with E-state index in [0.29, 0.717) is 5.41 Å². The van der Waals surface area contributed by atoms with Gasteiger partial charge in [0.2, 0.25) is 0 Å². The molecule has 0 aromatic carbocycles. The predicted molar refractivity (Wildman–Crippen MR) is 83.7 cm³/mol. The Labute approximate surface area is 123 Å². The molecule has 0 radical (unpaired) electrons. The van der Waals surface area contributed by atoms with E-state index in [2.05, 4.69) is 44.0 Å². The number of rotatable bonds is 5. The molecule has 1 aromatic heterocycles. The van der Waals surface area contributed by atoms with Crippen LogP contribution in [0, 0.1) is 12.3 Å². The molecular weight excluding hydrogens is 248 g/mol. The van der Waals surface area contributed by atoms with Crippen LogP contribution in [0.3, 0.4) is 0 Å². The summed E-state index contributed by atoms with van der Waals surface area (Å²) in [7, 11) is 0. The first-order chi connectivity index (χ1) is 9.50. The van der Waals surface area contributed by atoms with E-state index in [1.165, 1.54) is 37.9 Å². The molecule has 1 aromatic rings. The minimum Gasteiger partial charge on any atom is -0.465 e. The highest BCUT2D eigenvalue weighted by Gasteiger charge is 2.23. The van der Waals surface area contributed by atoms with Crippen LogP contribution in [-0.2, 0) is 13.1 Å². The van der Waals surface area contributed by atoms with Crippen molar-refractivity contribution in [2.24, 2.45) is 5.41 Å². The SMILES string of the molecule is CCNCc1cc(CN2CCCC(C)(C)CC2)c(C)o1. The minimum absolute atomic E-state index is 0.510. The first-order valence-corrected chi connectivity index (χ1v) is 8.01. The van der Waals surface area contributed by atoms with Crippen LogP contribution in [0.4, 0.5) is 0 Å². The lowest BCUT2D eigenvalue weighted by Crippen LogP contribution is -2.25. The molecule has 1 fully saturated rings. The highest BCUT2D eigenvalue weighted by molar-refractivity contribution is 5.20. The topological polar surface area (TPSA) is 28.4 Å². The van der Waals surface area contributed by atoms with Gasteiger partial charge in [0.25, 0.3) is 0 Å². The molecule has 1 aliphatic rings. The molecule has 0 atom stereocenters. The molecule has 0 saturated carbocycles. The van der Waals surface area contributed by atoms with E-state index in [9.17, 15) is 0 Å². The van der Waals surface area contributed by atoms with Gasteiger partial charge in [-0.05, 0) is 57.3 Å². The number of aryl methyl sites for hydroxylation is 1. The van der Waals surface area contributed by atoms with Crippen molar-refractivity contribution in [3.8, 4) is 0 Å². The minimum atomic E-state index is 0.510. The molecule has 20 heavy (non-hydrogen) atoms. The van der Waals surface area contributed by atoms with Crippen molar-refractivity contribution in [3.05, 3.63) is 23.2 Å². The maximum atomic E-state index is 5.84. The molecule has 114 valence electrons. The Morgan fingerprint density at radius 1 is 1.30 bits per heavy atom. The molecule has 0 bridgehead atoms. The number of nitrogens with one attached hydrogen (secondary N) is 1. The zero-order valence-corrected chi connectivity index (χ0v) is 13.6. The van der Waals surface area contributed by atoms with Gasteiger partial charge in [-0.3, -0.25) is 4.90 Å². The van der Waals surface area contributed by atoms with Crippen LogP contribution in [0.1, 0.15) is 57.1 Å². The third-order valence-electron chi connectivity index (χ3n) is 4.45. The van der Waals surface area contributed by atoms with E-state index in [1.807, 2.05) is 0 Å². The summed E-state index contributed by atoms with van der Waals surface area (Å²) in [5.41, 5.74) is 1.87. The van der Waals surface area contributed by atoms with Crippen LogP contribution in [0.2, 0.25) is 0 Å². The van der Waals surface area contributed by atoms with Crippen LogP contribution in [0.25, 0.3) is 0 Å².